The molecule has 0 aliphatic heterocycles. The molecule has 0 saturated heterocycles. The van der Waals surface area contributed by atoms with Crippen LogP contribution in [0, 0.1) is 0 Å². The quantitative estimate of drug-likeness (QED) is 0.365. The fourth-order valence-corrected chi connectivity index (χ4v) is 2.69. The number of nitrogens with zero attached hydrogens (tertiary/aromatic N) is 1. The Morgan fingerprint density at radius 1 is 1.07 bits per heavy atom. The van der Waals surface area contributed by atoms with Gasteiger partial charge in [-0.2, -0.15) is 5.10 Å². The highest BCUT2D eigenvalue weighted by molar-refractivity contribution is 6.01. The van der Waals surface area contributed by atoms with Gasteiger partial charge in [-0.05, 0) is 42.0 Å². The van der Waals surface area contributed by atoms with Gasteiger partial charge in [0.05, 0.1) is 18.4 Å². The number of benzene rings is 3. The molecule has 0 spiro atoms. The van der Waals surface area contributed by atoms with E-state index in [2.05, 4.69) is 10.5 Å². The summed E-state index contributed by atoms with van der Waals surface area (Å²) < 4.78 is 10.3. The van der Waals surface area contributed by atoms with Gasteiger partial charge < -0.3 is 14.6 Å². The zero-order valence-corrected chi connectivity index (χ0v) is 15.8. The number of carbonyl (C=O) groups excluding carboxylic acids is 2. The summed E-state index contributed by atoms with van der Waals surface area (Å²) in [5, 5.41) is 15.7. The topological polar surface area (TPSA) is 97.2 Å². The fourth-order valence-electron chi connectivity index (χ4n) is 2.69. The van der Waals surface area contributed by atoms with E-state index < -0.39 is 11.9 Å². The van der Waals surface area contributed by atoms with E-state index in [9.17, 15) is 14.7 Å². The van der Waals surface area contributed by atoms with Crippen LogP contribution in [0.15, 0.2) is 65.8 Å². The predicted octanol–water partition coefficient (Wildman–Crippen LogP) is 3.25. The molecular weight excluding hydrogens is 372 g/mol. The molecule has 29 heavy (non-hydrogen) atoms. The molecule has 0 aliphatic rings. The van der Waals surface area contributed by atoms with Crippen molar-refractivity contribution in [1.29, 1.82) is 0 Å². The van der Waals surface area contributed by atoms with Gasteiger partial charge in [0.15, 0.2) is 6.61 Å². The summed E-state index contributed by atoms with van der Waals surface area (Å²) in [7, 11) is 0. The first kappa shape index (κ1) is 19.9. The average molecular weight is 392 g/mol. The third kappa shape index (κ3) is 5.10. The zero-order chi connectivity index (χ0) is 20.6. The molecule has 3 aromatic carbocycles. The maximum absolute atomic E-state index is 12.4. The number of phenols is 1. The van der Waals surface area contributed by atoms with Gasteiger partial charge >= 0.3 is 5.97 Å². The van der Waals surface area contributed by atoms with Crippen LogP contribution in [0.2, 0.25) is 0 Å². The van der Waals surface area contributed by atoms with E-state index in [1.165, 1.54) is 12.3 Å². The van der Waals surface area contributed by atoms with Crippen molar-refractivity contribution in [3.8, 4) is 11.5 Å². The molecule has 0 fully saturated rings. The van der Waals surface area contributed by atoms with Crippen LogP contribution in [0.5, 0.6) is 11.5 Å². The fraction of sp³-hybridized carbons (Fsp3) is 0.136. The molecule has 0 heterocycles. The molecule has 148 valence electrons. The van der Waals surface area contributed by atoms with Crippen LogP contribution < -0.4 is 10.2 Å². The molecule has 7 nitrogen and oxygen atoms in total. The van der Waals surface area contributed by atoms with Crippen LogP contribution in [-0.2, 0) is 9.53 Å². The van der Waals surface area contributed by atoms with Crippen molar-refractivity contribution in [2.75, 3.05) is 13.2 Å². The van der Waals surface area contributed by atoms with Crippen molar-refractivity contribution in [1.82, 2.24) is 5.43 Å². The Bertz CT molecular complexity index is 1060. The van der Waals surface area contributed by atoms with E-state index in [0.29, 0.717) is 11.3 Å². The molecule has 2 N–H and O–H groups in total. The summed E-state index contributed by atoms with van der Waals surface area (Å²) >= 11 is 0. The van der Waals surface area contributed by atoms with Gasteiger partial charge in [0.2, 0.25) is 0 Å². The number of ether oxygens (including phenoxy) is 2. The largest absolute Gasteiger partial charge is 0.507 e. The lowest BCUT2D eigenvalue weighted by Crippen LogP contribution is -2.18. The van der Waals surface area contributed by atoms with E-state index in [0.717, 1.165) is 10.8 Å². The molecule has 0 bridgehead atoms. The second-order valence-electron chi connectivity index (χ2n) is 6.05. The Kier molecular flexibility index (Phi) is 6.42. The first-order valence-electron chi connectivity index (χ1n) is 9.01. The lowest BCUT2D eigenvalue weighted by Gasteiger charge is -2.08. The van der Waals surface area contributed by atoms with Gasteiger partial charge in [-0.25, -0.2) is 10.2 Å². The summed E-state index contributed by atoms with van der Waals surface area (Å²) in [6.07, 6.45) is 1.40. The monoisotopic (exact) mass is 392 g/mol. The number of fused-ring (bicyclic) bond motifs is 1. The predicted molar refractivity (Wildman–Crippen MR) is 109 cm³/mol. The summed E-state index contributed by atoms with van der Waals surface area (Å²) in [5.41, 5.74) is 3.08. The van der Waals surface area contributed by atoms with Crippen molar-refractivity contribution >= 4 is 28.9 Å². The molecule has 0 saturated carbocycles. The van der Waals surface area contributed by atoms with Crippen molar-refractivity contribution in [3.63, 3.8) is 0 Å². The number of aromatic hydroxyl groups is 1. The number of amides is 1. The molecule has 0 atom stereocenters. The van der Waals surface area contributed by atoms with Crippen molar-refractivity contribution in [2.24, 2.45) is 5.10 Å². The molecular formula is C22H20N2O5. The van der Waals surface area contributed by atoms with Gasteiger partial charge in [-0.3, -0.25) is 4.79 Å². The Balaban J connectivity index is 1.69. The van der Waals surface area contributed by atoms with E-state index in [4.69, 9.17) is 9.47 Å². The molecule has 0 aromatic heterocycles. The maximum Gasteiger partial charge on any atom is 0.344 e. The molecule has 1 amide bonds. The second kappa shape index (κ2) is 9.36. The summed E-state index contributed by atoms with van der Waals surface area (Å²) in [6.45, 7) is 1.77. The number of rotatable bonds is 7. The minimum absolute atomic E-state index is 0.118. The van der Waals surface area contributed by atoms with Crippen LogP contribution >= 0.6 is 0 Å². The Morgan fingerprint density at radius 3 is 2.52 bits per heavy atom. The molecule has 0 radical (unpaired) electrons. The summed E-state index contributed by atoms with van der Waals surface area (Å²) in [5.74, 6) is -0.726. The maximum atomic E-state index is 12.4. The second-order valence-corrected chi connectivity index (χ2v) is 6.05. The third-order valence-electron chi connectivity index (χ3n) is 4.05. The zero-order valence-electron chi connectivity index (χ0n) is 15.8. The Morgan fingerprint density at radius 2 is 1.76 bits per heavy atom. The van der Waals surface area contributed by atoms with E-state index in [-0.39, 0.29) is 24.5 Å². The minimum Gasteiger partial charge on any atom is -0.507 e. The first-order valence-corrected chi connectivity index (χ1v) is 9.01. The number of carbonyl (C=O) groups is 2. The van der Waals surface area contributed by atoms with Crippen molar-refractivity contribution in [2.45, 2.75) is 6.92 Å². The van der Waals surface area contributed by atoms with E-state index >= 15 is 0 Å². The smallest absolute Gasteiger partial charge is 0.344 e. The highest BCUT2D eigenvalue weighted by atomic mass is 16.6. The Hall–Kier alpha value is -3.87. The average Bonchev–Trinajstić information content (AvgIpc) is 2.72. The number of phenolic OH excluding ortho intramolecular Hbond substituents is 1. The first-order chi connectivity index (χ1) is 14.1. The van der Waals surface area contributed by atoms with Crippen LogP contribution in [-0.4, -0.2) is 36.4 Å². The van der Waals surface area contributed by atoms with Gasteiger partial charge in [-0.1, -0.05) is 36.4 Å². The highest BCUT2D eigenvalue weighted by Crippen LogP contribution is 2.24. The third-order valence-corrected chi connectivity index (χ3v) is 4.05. The standard InChI is InChI=1S/C22H20N2O5/c1-2-28-21(26)14-29-20-10-6-5-9-17(20)13-23-24-22(27)18-11-15-7-3-4-8-16(15)12-19(18)25/h3-13,25H,2,14H2,1H3,(H,24,27). The van der Waals surface area contributed by atoms with Crippen LogP contribution in [0.25, 0.3) is 10.8 Å². The lowest BCUT2D eigenvalue weighted by molar-refractivity contribution is -0.145. The minimum atomic E-state index is -0.547. The van der Waals surface area contributed by atoms with Gasteiger partial charge in [-0.15, -0.1) is 0 Å². The molecule has 3 aromatic rings. The number of hydrogen-bond donors (Lipinski definition) is 2. The van der Waals surface area contributed by atoms with E-state index in [1.807, 2.05) is 24.3 Å². The lowest BCUT2D eigenvalue weighted by atomic mass is 10.1. The van der Waals surface area contributed by atoms with Gasteiger partial charge in [0.1, 0.15) is 11.5 Å². The van der Waals surface area contributed by atoms with Crippen molar-refractivity contribution < 1.29 is 24.2 Å². The number of hydrazone groups is 1. The van der Waals surface area contributed by atoms with Gasteiger partial charge in [0, 0.05) is 5.56 Å². The number of esters is 1. The van der Waals surface area contributed by atoms with Crippen LogP contribution in [0.3, 0.4) is 0 Å². The van der Waals surface area contributed by atoms with E-state index in [1.54, 1.807) is 37.3 Å². The van der Waals surface area contributed by atoms with Crippen LogP contribution in [0.4, 0.5) is 0 Å². The number of nitrogens with one attached hydrogen (secondary N) is 1. The van der Waals surface area contributed by atoms with Crippen molar-refractivity contribution in [3.05, 3.63) is 71.8 Å². The summed E-state index contributed by atoms with van der Waals surface area (Å²) in [6, 6.07) is 17.5. The molecule has 7 heteroatoms. The number of hydrogen-bond acceptors (Lipinski definition) is 6. The Labute approximate surface area is 167 Å². The van der Waals surface area contributed by atoms with Crippen LogP contribution in [0.1, 0.15) is 22.8 Å². The molecule has 0 unspecified atom stereocenters. The molecule has 3 rings (SSSR count). The highest BCUT2D eigenvalue weighted by Gasteiger charge is 2.12. The van der Waals surface area contributed by atoms with Gasteiger partial charge in [0.25, 0.3) is 5.91 Å². The molecule has 0 aliphatic carbocycles. The number of para-hydroxylation sites is 1. The summed E-state index contributed by atoms with van der Waals surface area (Å²) in [4.78, 5) is 23.8. The normalized spacial score (nSPS) is 10.8. The SMILES string of the molecule is CCOC(=O)COc1ccccc1C=NNC(=O)c1cc2ccccc2cc1O.